The van der Waals surface area contributed by atoms with Gasteiger partial charge in [0.05, 0.1) is 4.88 Å². The number of thiazole rings is 1. The van der Waals surface area contributed by atoms with E-state index in [2.05, 4.69) is 50.9 Å². The molecule has 3 aromatic rings. The van der Waals surface area contributed by atoms with Gasteiger partial charge in [-0.15, -0.1) is 0 Å². The maximum atomic E-state index is 4.57. The van der Waals surface area contributed by atoms with Crippen LogP contribution in [-0.4, -0.2) is 23.1 Å². The zero-order chi connectivity index (χ0) is 16.2. The average Bonchev–Trinajstić information content (AvgIpc) is 3.12. The molecule has 1 fully saturated rings. The van der Waals surface area contributed by atoms with Crippen LogP contribution in [-0.2, 0) is 0 Å². The van der Waals surface area contributed by atoms with Gasteiger partial charge in [0.2, 0.25) is 0 Å². The highest BCUT2D eigenvalue weighted by Gasteiger charge is 2.16. The number of benzene rings is 1. The summed E-state index contributed by atoms with van der Waals surface area (Å²) >= 11 is 1.67. The number of nitrogens with one attached hydrogen (secondary N) is 2. The fourth-order valence-corrected chi connectivity index (χ4v) is 3.90. The molecule has 0 radical (unpaired) electrons. The highest BCUT2D eigenvalue weighted by molar-refractivity contribution is 7.18. The van der Waals surface area contributed by atoms with Gasteiger partial charge in [0, 0.05) is 29.7 Å². The lowest BCUT2D eigenvalue weighted by Crippen LogP contribution is -2.27. The van der Waals surface area contributed by atoms with Crippen LogP contribution in [0, 0.1) is 0 Å². The molecular weight excluding hydrogens is 316 g/mol. The summed E-state index contributed by atoms with van der Waals surface area (Å²) in [4.78, 5) is 10.3. The van der Waals surface area contributed by atoms with Gasteiger partial charge in [0.1, 0.15) is 0 Å². The molecule has 1 aliphatic heterocycles. The van der Waals surface area contributed by atoms with Crippen LogP contribution in [0.2, 0.25) is 0 Å². The maximum absolute atomic E-state index is 4.57. The van der Waals surface area contributed by atoms with Crippen LogP contribution in [0.25, 0.3) is 10.4 Å². The summed E-state index contributed by atoms with van der Waals surface area (Å²) in [6.07, 6.45) is 6.14. The number of aromatic nitrogens is 2. The molecule has 0 saturated carbocycles. The van der Waals surface area contributed by atoms with Crippen molar-refractivity contribution in [1.82, 2.24) is 15.3 Å². The Hall–Kier alpha value is -2.24. The molecule has 2 aromatic heterocycles. The molecule has 4 rings (SSSR count). The smallest absolute Gasteiger partial charge is 0.187 e. The molecule has 0 unspecified atom stereocenters. The van der Waals surface area contributed by atoms with E-state index in [1.165, 1.54) is 16.1 Å². The third-order valence-corrected chi connectivity index (χ3v) is 5.32. The van der Waals surface area contributed by atoms with Crippen molar-refractivity contribution in [2.24, 2.45) is 0 Å². The van der Waals surface area contributed by atoms with E-state index >= 15 is 0 Å². The monoisotopic (exact) mass is 336 g/mol. The van der Waals surface area contributed by atoms with Crippen molar-refractivity contribution in [3.63, 3.8) is 0 Å². The Kier molecular flexibility index (Phi) is 4.53. The van der Waals surface area contributed by atoms with E-state index in [0.29, 0.717) is 5.92 Å². The minimum absolute atomic E-state index is 0.559. The number of hydrogen-bond acceptors (Lipinski definition) is 5. The van der Waals surface area contributed by atoms with Crippen LogP contribution in [0.1, 0.15) is 24.5 Å². The second-order valence-corrected chi connectivity index (χ2v) is 7.04. The lowest BCUT2D eigenvalue weighted by molar-refractivity contribution is 0.453. The Morgan fingerprint density at radius 2 is 1.88 bits per heavy atom. The molecule has 2 N–H and O–H groups in total. The number of anilines is 2. The topological polar surface area (TPSA) is 49.8 Å². The SMILES string of the molecule is c1ccc(-c2cnc(Nc3ccnc(C4CCNCC4)c3)s2)cc1. The predicted octanol–water partition coefficient (Wildman–Crippen LogP) is 4.42. The number of nitrogens with zero attached hydrogens (tertiary/aromatic N) is 2. The Morgan fingerprint density at radius 3 is 2.71 bits per heavy atom. The highest BCUT2D eigenvalue weighted by Crippen LogP contribution is 2.31. The summed E-state index contributed by atoms with van der Waals surface area (Å²) in [6.45, 7) is 2.16. The van der Waals surface area contributed by atoms with Crippen molar-refractivity contribution in [1.29, 1.82) is 0 Å². The molecule has 0 spiro atoms. The van der Waals surface area contributed by atoms with Crippen molar-refractivity contribution >= 4 is 22.2 Å². The van der Waals surface area contributed by atoms with Gasteiger partial charge in [0.15, 0.2) is 5.13 Å². The van der Waals surface area contributed by atoms with Gasteiger partial charge in [-0.3, -0.25) is 4.98 Å². The minimum atomic E-state index is 0.559. The van der Waals surface area contributed by atoms with Crippen LogP contribution < -0.4 is 10.6 Å². The van der Waals surface area contributed by atoms with Gasteiger partial charge in [-0.25, -0.2) is 4.98 Å². The van der Waals surface area contributed by atoms with E-state index in [-0.39, 0.29) is 0 Å². The number of hydrogen-bond donors (Lipinski definition) is 2. The van der Waals surface area contributed by atoms with Crippen LogP contribution >= 0.6 is 11.3 Å². The lowest BCUT2D eigenvalue weighted by atomic mass is 9.94. The summed E-state index contributed by atoms with van der Waals surface area (Å²) in [5.41, 5.74) is 3.45. The first-order valence-electron chi connectivity index (χ1n) is 8.33. The Labute approximate surface area is 146 Å². The Morgan fingerprint density at radius 1 is 1.04 bits per heavy atom. The molecule has 3 heterocycles. The highest BCUT2D eigenvalue weighted by atomic mass is 32.1. The first-order chi connectivity index (χ1) is 11.9. The lowest BCUT2D eigenvalue weighted by Gasteiger charge is -2.22. The van der Waals surface area contributed by atoms with E-state index in [9.17, 15) is 0 Å². The fraction of sp³-hybridized carbons (Fsp3) is 0.263. The van der Waals surface area contributed by atoms with Gasteiger partial charge in [-0.05, 0) is 43.6 Å². The maximum Gasteiger partial charge on any atom is 0.187 e. The predicted molar refractivity (Wildman–Crippen MR) is 99.9 cm³/mol. The number of rotatable bonds is 4. The molecule has 1 aliphatic rings. The van der Waals surface area contributed by atoms with Crippen LogP contribution in [0.3, 0.4) is 0 Å². The van der Waals surface area contributed by atoms with Gasteiger partial charge in [-0.1, -0.05) is 41.7 Å². The van der Waals surface area contributed by atoms with Crippen molar-refractivity contribution in [2.75, 3.05) is 18.4 Å². The van der Waals surface area contributed by atoms with Crippen LogP contribution in [0.4, 0.5) is 10.8 Å². The third-order valence-electron chi connectivity index (χ3n) is 4.35. The molecule has 5 heteroatoms. The van der Waals surface area contributed by atoms with Crippen molar-refractivity contribution in [3.05, 3.63) is 60.6 Å². The minimum Gasteiger partial charge on any atom is -0.331 e. The quantitative estimate of drug-likeness (QED) is 0.741. The molecule has 1 saturated heterocycles. The zero-order valence-electron chi connectivity index (χ0n) is 13.4. The molecule has 0 aliphatic carbocycles. The number of piperidine rings is 1. The first-order valence-corrected chi connectivity index (χ1v) is 9.15. The van der Waals surface area contributed by atoms with Gasteiger partial charge in [0.25, 0.3) is 0 Å². The van der Waals surface area contributed by atoms with Crippen LogP contribution in [0.5, 0.6) is 0 Å². The first kappa shape index (κ1) is 15.3. The molecule has 0 atom stereocenters. The van der Waals surface area contributed by atoms with Crippen LogP contribution in [0.15, 0.2) is 54.9 Å². The second kappa shape index (κ2) is 7.11. The van der Waals surface area contributed by atoms with Crippen molar-refractivity contribution < 1.29 is 0 Å². The molecule has 0 bridgehead atoms. The molecular formula is C19H20N4S. The van der Waals surface area contributed by atoms with E-state index in [0.717, 1.165) is 36.8 Å². The average molecular weight is 336 g/mol. The molecule has 4 nitrogen and oxygen atoms in total. The molecule has 122 valence electrons. The normalized spacial score (nSPS) is 15.3. The van der Waals surface area contributed by atoms with E-state index < -0.39 is 0 Å². The molecule has 1 aromatic carbocycles. The molecule has 0 amide bonds. The Balaban J connectivity index is 1.50. The van der Waals surface area contributed by atoms with E-state index in [1.54, 1.807) is 11.3 Å². The van der Waals surface area contributed by atoms with Crippen molar-refractivity contribution in [2.45, 2.75) is 18.8 Å². The Bertz CT molecular complexity index is 794. The second-order valence-electron chi connectivity index (χ2n) is 6.01. The summed E-state index contributed by atoms with van der Waals surface area (Å²) in [5, 5.41) is 7.74. The summed E-state index contributed by atoms with van der Waals surface area (Å²) in [7, 11) is 0. The summed E-state index contributed by atoms with van der Waals surface area (Å²) in [5.74, 6) is 0.559. The zero-order valence-corrected chi connectivity index (χ0v) is 14.2. The van der Waals surface area contributed by atoms with Gasteiger partial charge < -0.3 is 10.6 Å². The van der Waals surface area contributed by atoms with Crippen molar-refractivity contribution in [3.8, 4) is 10.4 Å². The van der Waals surface area contributed by atoms with Gasteiger partial charge >= 0.3 is 0 Å². The standard InChI is InChI=1S/C19H20N4S/c1-2-4-15(5-3-1)18-13-22-19(24-18)23-16-8-11-21-17(12-16)14-6-9-20-10-7-14/h1-5,8,11-14,20H,6-7,9-10H2,(H,21,22,23). The fourth-order valence-electron chi connectivity index (χ4n) is 3.06. The van der Waals surface area contributed by atoms with Gasteiger partial charge in [-0.2, -0.15) is 0 Å². The third kappa shape index (κ3) is 3.47. The summed E-state index contributed by atoms with van der Waals surface area (Å²) < 4.78 is 0. The largest absolute Gasteiger partial charge is 0.331 e. The van der Waals surface area contributed by atoms with E-state index in [4.69, 9.17) is 0 Å². The summed E-state index contributed by atoms with van der Waals surface area (Å²) in [6, 6.07) is 14.5. The number of pyridine rings is 1. The van der Waals surface area contributed by atoms with E-state index in [1.807, 2.05) is 24.5 Å². The molecule has 24 heavy (non-hydrogen) atoms.